The lowest BCUT2D eigenvalue weighted by Gasteiger charge is -2.00. The van der Waals surface area contributed by atoms with Crippen molar-refractivity contribution in [1.82, 2.24) is 4.98 Å². The van der Waals surface area contributed by atoms with Crippen LogP contribution >= 0.6 is 0 Å². The molecular weight excluding hydrogens is 273 g/mol. The molecule has 1 aliphatic carbocycles. The molecule has 0 saturated heterocycles. The van der Waals surface area contributed by atoms with Crippen molar-refractivity contribution in [2.45, 2.75) is 32.6 Å². The Morgan fingerprint density at radius 3 is 2.90 bits per heavy atom. The van der Waals surface area contributed by atoms with Crippen molar-refractivity contribution in [2.24, 2.45) is 0 Å². The lowest BCUT2D eigenvalue weighted by atomic mass is 10.1. The van der Waals surface area contributed by atoms with Gasteiger partial charge in [0.1, 0.15) is 5.82 Å². The van der Waals surface area contributed by atoms with E-state index >= 15 is 0 Å². The van der Waals surface area contributed by atoms with E-state index in [1.165, 1.54) is 6.07 Å². The minimum absolute atomic E-state index is 0.107. The summed E-state index contributed by atoms with van der Waals surface area (Å²) < 4.78 is 24.5. The maximum absolute atomic E-state index is 13.9. The number of nitrogens with zero attached hydrogens (tertiary/aromatic N) is 1. The Bertz CT molecular complexity index is 689. The van der Waals surface area contributed by atoms with Gasteiger partial charge in [-0.1, -0.05) is 11.6 Å². The molecule has 0 spiro atoms. The van der Waals surface area contributed by atoms with Gasteiger partial charge in [0.2, 0.25) is 11.7 Å². The molecule has 4 nitrogen and oxygen atoms in total. The maximum Gasteiger partial charge on any atom is 0.376 e. The molecule has 2 aromatic rings. The molecule has 0 amide bonds. The molecule has 21 heavy (non-hydrogen) atoms. The van der Waals surface area contributed by atoms with Gasteiger partial charge in [-0.25, -0.2) is 14.2 Å². The molecule has 1 aromatic heterocycles. The van der Waals surface area contributed by atoms with E-state index in [4.69, 9.17) is 9.15 Å². The van der Waals surface area contributed by atoms with E-state index in [1.54, 1.807) is 19.1 Å². The molecule has 0 atom stereocenters. The van der Waals surface area contributed by atoms with Crippen LogP contribution < -0.4 is 0 Å². The van der Waals surface area contributed by atoms with Crippen molar-refractivity contribution < 1.29 is 18.3 Å². The number of hydrogen-bond acceptors (Lipinski definition) is 4. The van der Waals surface area contributed by atoms with Gasteiger partial charge in [0.15, 0.2) is 0 Å². The van der Waals surface area contributed by atoms with Gasteiger partial charge in [-0.05, 0) is 38.8 Å². The maximum atomic E-state index is 13.9. The third kappa shape index (κ3) is 2.68. The minimum atomic E-state index is -0.536. The van der Waals surface area contributed by atoms with Gasteiger partial charge in [-0.2, -0.15) is 0 Å². The van der Waals surface area contributed by atoms with Gasteiger partial charge in [0, 0.05) is 5.92 Å². The van der Waals surface area contributed by atoms with Crippen molar-refractivity contribution >= 4 is 5.97 Å². The molecular formula is C16H16FNO3. The highest BCUT2D eigenvalue weighted by atomic mass is 19.1. The molecule has 1 fully saturated rings. The molecule has 0 unspecified atom stereocenters. The molecule has 3 rings (SSSR count). The van der Waals surface area contributed by atoms with Crippen LogP contribution in [-0.2, 0) is 4.74 Å². The number of oxazole rings is 1. The van der Waals surface area contributed by atoms with Gasteiger partial charge in [0.25, 0.3) is 0 Å². The Kier molecular flexibility index (Phi) is 3.49. The number of esters is 1. The van der Waals surface area contributed by atoms with Crippen molar-refractivity contribution in [3.05, 3.63) is 41.0 Å². The fourth-order valence-electron chi connectivity index (χ4n) is 2.23. The predicted molar refractivity (Wildman–Crippen MR) is 74.6 cm³/mol. The van der Waals surface area contributed by atoms with Crippen LogP contribution in [0.25, 0.3) is 11.5 Å². The van der Waals surface area contributed by atoms with E-state index in [-0.39, 0.29) is 29.7 Å². The molecule has 1 saturated carbocycles. The van der Waals surface area contributed by atoms with Crippen LogP contribution in [0.5, 0.6) is 0 Å². The van der Waals surface area contributed by atoms with Crippen LogP contribution in [0.2, 0.25) is 0 Å². The number of rotatable bonds is 4. The van der Waals surface area contributed by atoms with E-state index in [1.807, 2.05) is 6.92 Å². The Hall–Kier alpha value is -2.17. The van der Waals surface area contributed by atoms with Crippen molar-refractivity contribution in [3.63, 3.8) is 0 Å². The number of carbonyl (C=O) groups excluding carboxylic acids is 1. The second-order valence-corrected chi connectivity index (χ2v) is 5.21. The third-order valence-electron chi connectivity index (χ3n) is 3.43. The minimum Gasteiger partial charge on any atom is -0.460 e. The molecule has 5 heteroatoms. The summed E-state index contributed by atoms with van der Waals surface area (Å²) in [6, 6.07) is 4.71. The van der Waals surface area contributed by atoms with Crippen molar-refractivity contribution in [2.75, 3.05) is 6.61 Å². The summed E-state index contributed by atoms with van der Waals surface area (Å²) in [6.45, 7) is 3.85. The van der Waals surface area contributed by atoms with Gasteiger partial charge in [-0.15, -0.1) is 0 Å². The van der Waals surface area contributed by atoms with E-state index in [2.05, 4.69) is 4.98 Å². The van der Waals surface area contributed by atoms with E-state index in [9.17, 15) is 9.18 Å². The zero-order valence-corrected chi connectivity index (χ0v) is 12.0. The zero-order chi connectivity index (χ0) is 15.0. The largest absolute Gasteiger partial charge is 0.460 e. The lowest BCUT2D eigenvalue weighted by molar-refractivity contribution is 0.0489. The van der Waals surface area contributed by atoms with Crippen molar-refractivity contribution in [1.29, 1.82) is 0 Å². The Labute approximate surface area is 121 Å². The Morgan fingerprint density at radius 2 is 2.24 bits per heavy atom. The zero-order valence-electron chi connectivity index (χ0n) is 12.0. The normalized spacial score (nSPS) is 14.2. The van der Waals surface area contributed by atoms with E-state index in [0.717, 1.165) is 18.4 Å². The first-order valence-electron chi connectivity index (χ1n) is 7.04. The smallest absolute Gasteiger partial charge is 0.376 e. The highest BCUT2D eigenvalue weighted by Crippen LogP contribution is 2.42. The van der Waals surface area contributed by atoms with E-state index in [0.29, 0.717) is 5.69 Å². The van der Waals surface area contributed by atoms with Gasteiger partial charge < -0.3 is 9.15 Å². The van der Waals surface area contributed by atoms with Crippen molar-refractivity contribution in [3.8, 4) is 11.5 Å². The summed E-state index contributed by atoms with van der Waals surface area (Å²) >= 11 is 0. The van der Waals surface area contributed by atoms with Crippen LogP contribution in [-0.4, -0.2) is 17.6 Å². The van der Waals surface area contributed by atoms with Gasteiger partial charge >= 0.3 is 5.97 Å². The van der Waals surface area contributed by atoms with Crippen LogP contribution in [0.15, 0.2) is 22.6 Å². The number of aryl methyl sites for hydroxylation is 1. The number of carbonyl (C=O) groups is 1. The van der Waals surface area contributed by atoms with Crippen LogP contribution in [0.1, 0.15) is 47.5 Å². The summed E-state index contributed by atoms with van der Waals surface area (Å²) in [5.41, 5.74) is 1.76. The SMILES string of the molecule is CCOC(=O)c1oc(-c2cc(C)ccc2F)nc1C1CC1. The number of aromatic nitrogens is 1. The topological polar surface area (TPSA) is 52.3 Å². The third-order valence-corrected chi connectivity index (χ3v) is 3.43. The number of halogens is 1. The number of ether oxygens (including phenoxy) is 1. The van der Waals surface area contributed by atoms with Crippen LogP contribution in [0.4, 0.5) is 4.39 Å². The highest BCUT2D eigenvalue weighted by molar-refractivity contribution is 5.88. The summed E-state index contributed by atoms with van der Waals surface area (Å²) in [4.78, 5) is 16.3. The molecule has 0 N–H and O–H groups in total. The molecule has 110 valence electrons. The average molecular weight is 289 g/mol. The van der Waals surface area contributed by atoms with Gasteiger partial charge in [0.05, 0.1) is 17.9 Å². The standard InChI is InChI=1S/C16H16FNO3/c1-3-20-16(19)14-13(10-5-6-10)18-15(21-14)11-8-9(2)4-7-12(11)17/h4,7-8,10H,3,5-6H2,1-2H3. The number of benzene rings is 1. The molecule has 1 aromatic carbocycles. The first kappa shape index (κ1) is 13.8. The fraction of sp³-hybridized carbons (Fsp3) is 0.375. The Balaban J connectivity index is 2.05. The monoisotopic (exact) mass is 289 g/mol. The van der Waals surface area contributed by atoms with Crippen LogP contribution in [0, 0.1) is 12.7 Å². The second-order valence-electron chi connectivity index (χ2n) is 5.21. The fourth-order valence-corrected chi connectivity index (χ4v) is 2.23. The quantitative estimate of drug-likeness (QED) is 0.802. The predicted octanol–water partition coefficient (Wildman–Crippen LogP) is 3.84. The van der Waals surface area contributed by atoms with Crippen LogP contribution in [0.3, 0.4) is 0 Å². The molecule has 1 heterocycles. The van der Waals surface area contributed by atoms with E-state index < -0.39 is 11.8 Å². The first-order valence-corrected chi connectivity index (χ1v) is 7.04. The summed E-state index contributed by atoms with van der Waals surface area (Å²) in [7, 11) is 0. The number of hydrogen-bond donors (Lipinski definition) is 0. The Morgan fingerprint density at radius 1 is 1.48 bits per heavy atom. The molecule has 0 bridgehead atoms. The molecule has 0 radical (unpaired) electrons. The molecule has 1 aliphatic rings. The van der Waals surface area contributed by atoms with Gasteiger partial charge in [-0.3, -0.25) is 0 Å². The average Bonchev–Trinajstić information content (AvgIpc) is 3.21. The summed E-state index contributed by atoms with van der Waals surface area (Å²) in [5.74, 6) is -0.489. The summed E-state index contributed by atoms with van der Waals surface area (Å²) in [6.07, 6.45) is 1.93. The molecule has 0 aliphatic heterocycles. The summed E-state index contributed by atoms with van der Waals surface area (Å²) in [5, 5.41) is 0. The highest BCUT2D eigenvalue weighted by Gasteiger charge is 2.34. The lowest BCUT2D eigenvalue weighted by Crippen LogP contribution is -2.05. The first-order chi connectivity index (χ1) is 10.1. The second kappa shape index (κ2) is 5.31.